The third-order valence-corrected chi connectivity index (χ3v) is 1.87. The highest BCUT2D eigenvalue weighted by Crippen LogP contribution is 2.24. The van der Waals surface area contributed by atoms with E-state index in [0.717, 1.165) is 11.3 Å². The topological polar surface area (TPSA) is 46.1 Å². The third-order valence-electron chi connectivity index (χ3n) is 1.87. The Bertz CT molecular complexity index is 310. The molecule has 0 atom stereocenters. The monoisotopic (exact) mass is 149 g/mol. The van der Waals surface area contributed by atoms with Crippen LogP contribution in [0.4, 0.5) is 5.69 Å². The van der Waals surface area contributed by atoms with Gasteiger partial charge in [0.2, 0.25) is 5.91 Å². The van der Waals surface area contributed by atoms with Crippen molar-refractivity contribution in [3.63, 3.8) is 0 Å². The molecule has 0 spiro atoms. The number of fused-ring (bicyclic) bond motifs is 1. The molecule has 1 aromatic rings. The molecule has 1 aliphatic heterocycles. The van der Waals surface area contributed by atoms with Gasteiger partial charge in [-0.2, -0.15) is 10.2 Å². The van der Waals surface area contributed by atoms with Gasteiger partial charge in [-0.05, 0) is 0 Å². The maximum absolute atomic E-state index is 11.1. The summed E-state index contributed by atoms with van der Waals surface area (Å²) in [6.07, 6.45) is 3.71. The largest absolute Gasteiger partial charge is 0.313 e. The van der Waals surface area contributed by atoms with Crippen LogP contribution in [0.2, 0.25) is 0 Å². The molecule has 0 N–H and O–H groups in total. The van der Waals surface area contributed by atoms with Crippen molar-refractivity contribution in [3.8, 4) is 0 Å². The summed E-state index contributed by atoms with van der Waals surface area (Å²) < 4.78 is 0. The second-order valence-corrected chi connectivity index (χ2v) is 2.53. The molecule has 2 heterocycles. The Morgan fingerprint density at radius 3 is 2.91 bits per heavy atom. The van der Waals surface area contributed by atoms with E-state index in [2.05, 4.69) is 10.2 Å². The lowest BCUT2D eigenvalue weighted by molar-refractivity contribution is -0.117. The first-order valence-corrected chi connectivity index (χ1v) is 3.35. The average molecular weight is 149 g/mol. The number of likely N-dealkylation sites (N-methyl/N-ethyl adjacent to an activating group) is 1. The predicted molar refractivity (Wildman–Crippen MR) is 39.1 cm³/mol. The van der Waals surface area contributed by atoms with Gasteiger partial charge in [0.1, 0.15) is 0 Å². The van der Waals surface area contributed by atoms with Crippen molar-refractivity contribution < 1.29 is 4.79 Å². The number of carbonyl (C=O) groups excluding carboxylic acids is 1. The number of hydrogen-bond donors (Lipinski definition) is 0. The van der Waals surface area contributed by atoms with E-state index in [1.807, 2.05) is 0 Å². The van der Waals surface area contributed by atoms with Crippen molar-refractivity contribution in [3.05, 3.63) is 18.0 Å². The van der Waals surface area contributed by atoms with Crippen LogP contribution in [0.1, 0.15) is 5.56 Å². The summed E-state index contributed by atoms with van der Waals surface area (Å²) in [5, 5.41) is 7.39. The van der Waals surface area contributed by atoms with Crippen molar-refractivity contribution in [1.82, 2.24) is 10.2 Å². The molecule has 1 amide bonds. The van der Waals surface area contributed by atoms with Crippen LogP contribution in [0.3, 0.4) is 0 Å². The van der Waals surface area contributed by atoms with Crippen LogP contribution in [0.5, 0.6) is 0 Å². The van der Waals surface area contributed by atoms with Crippen LogP contribution in [0.15, 0.2) is 12.4 Å². The number of aromatic nitrogens is 2. The van der Waals surface area contributed by atoms with Gasteiger partial charge >= 0.3 is 0 Å². The Balaban J connectivity index is 2.55. The molecule has 0 saturated heterocycles. The van der Waals surface area contributed by atoms with E-state index in [1.54, 1.807) is 24.3 Å². The zero-order valence-corrected chi connectivity index (χ0v) is 6.11. The minimum Gasteiger partial charge on any atom is -0.313 e. The van der Waals surface area contributed by atoms with E-state index in [0.29, 0.717) is 6.42 Å². The zero-order valence-electron chi connectivity index (χ0n) is 6.11. The number of rotatable bonds is 0. The Morgan fingerprint density at radius 1 is 1.45 bits per heavy atom. The summed E-state index contributed by atoms with van der Waals surface area (Å²) in [6, 6.07) is 0. The first-order valence-electron chi connectivity index (χ1n) is 3.35. The van der Waals surface area contributed by atoms with E-state index in [9.17, 15) is 4.79 Å². The van der Waals surface area contributed by atoms with Gasteiger partial charge in [0, 0.05) is 12.6 Å². The lowest BCUT2D eigenvalue weighted by Crippen LogP contribution is -2.20. The second kappa shape index (κ2) is 2.02. The van der Waals surface area contributed by atoms with Crippen molar-refractivity contribution in [2.24, 2.45) is 0 Å². The molecule has 1 aromatic heterocycles. The summed E-state index contributed by atoms with van der Waals surface area (Å²) in [4.78, 5) is 12.7. The quantitative estimate of drug-likeness (QED) is 0.521. The maximum Gasteiger partial charge on any atom is 0.231 e. The van der Waals surface area contributed by atoms with Gasteiger partial charge in [-0.1, -0.05) is 0 Å². The molecule has 0 radical (unpaired) electrons. The molecule has 2 rings (SSSR count). The van der Waals surface area contributed by atoms with Crippen molar-refractivity contribution in [2.45, 2.75) is 6.42 Å². The minimum absolute atomic E-state index is 0.106. The summed E-state index contributed by atoms with van der Waals surface area (Å²) in [5.74, 6) is 0.106. The summed E-state index contributed by atoms with van der Waals surface area (Å²) in [5.41, 5.74) is 1.84. The third kappa shape index (κ3) is 0.790. The Kier molecular flexibility index (Phi) is 1.15. The fraction of sp³-hybridized carbons (Fsp3) is 0.286. The van der Waals surface area contributed by atoms with Crippen LogP contribution in [0.25, 0.3) is 0 Å². The molecule has 11 heavy (non-hydrogen) atoms. The zero-order chi connectivity index (χ0) is 7.84. The molecule has 0 bridgehead atoms. The predicted octanol–water partition coefficient (Wildman–Crippen LogP) is -0.00450. The SMILES string of the molecule is CN1C(=O)Cc2cnncc21. The Hall–Kier alpha value is -1.45. The lowest BCUT2D eigenvalue weighted by Gasteiger charge is -2.07. The minimum atomic E-state index is 0.106. The van der Waals surface area contributed by atoms with Gasteiger partial charge in [-0.15, -0.1) is 0 Å². The van der Waals surface area contributed by atoms with Crippen molar-refractivity contribution in [1.29, 1.82) is 0 Å². The molecule has 0 unspecified atom stereocenters. The van der Waals surface area contributed by atoms with Gasteiger partial charge in [0.25, 0.3) is 0 Å². The smallest absolute Gasteiger partial charge is 0.231 e. The molecule has 4 heteroatoms. The molecule has 0 aromatic carbocycles. The molecule has 0 aliphatic carbocycles. The van der Waals surface area contributed by atoms with E-state index >= 15 is 0 Å². The molecule has 4 nitrogen and oxygen atoms in total. The number of anilines is 1. The molecular weight excluding hydrogens is 142 g/mol. The highest BCUT2D eigenvalue weighted by Gasteiger charge is 2.23. The van der Waals surface area contributed by atoms with E-state index in [4.69, 9.17) is 0 Å². The van der Waals surface area contributed by atoms with Gasteiger partial charge in [-0.3, -0.25) is 4.79 Å². The first kappa shape index (κ1) is 6.27. The number of hydrogen-bond acceptors (Lipinski definition) is 3. The molecule has 0 saturated carbocycles. The summed E-state index contributed by atoms with van der Waals surface area (Å²) >= 11 is 0. The summed E-state index contributed by atoms with van der Waals surface area (Å²) in [6.45, 7) is 0. The van der Waals surface area contributed by atoms with Crippen LogP contribution in [-0.4, -0.2) is 23.2 Å². The maximum atomic E-state index is 11.1. The van der Waals surface area contributed by atoms with Crippen molar-refractivity contribution >= 4 is 11.6 Å². The van der Waals surface area contributed by atoms with Gasteiger partial charge < -0.3 is 4.90 Å². The molecule has 1 aliphatic rings. The van der Waals surface area contributed by atoms with Gasteiger partial charge in [-0.25, -0.2) is 0 Å². The second-order valence-electron chi connectivity index (χ2n) is 2.53. The van der Waals surface area contributed by atoms with Gasteiger partial charge in [0.05, 0.1) is 24.5 Å². The van der Waals surface area contributed by atoms with Crippen LogP contribution >= 0.6 is 0 Å². The van der Waals surface area contributed by atoms with Crippen LogP contribution < -0.4 is 4.90 Å². The Morgan fingerprint density at radius 2 is 2.18 bits per heavy atom. The highest BCUT2D eigenvalue weighted by molar-refractivity contribution is 6.00. The molecule has 56 valence electrons. The Labute approximate surface area is 63.8 Å². The normalized spacial score (nSPS) is 15.4. The number of carbonyl (C=O) groups is 1. The first-order chi connectivity index (χ1) is 5.29. The van der Waals surface area contributed by atoms with E-state index in [-0.39, 0.29) is 5.91 Å². The highest BCUT2D eigenvalue weighted by atomic mass is 16.2. The average Bonchev–Trinajstić information content (AvgIpc) is 2.30. The fourth-order valence-electron chi connectivity index (χ4n) is 1.19. The standard InChI is InChI=1S/C7H7N3O/c1-10-6-4-9-8-3-5(6)2-7(10)11/h3-4H,2H2,1H3. The van der Waals surface area contributed by atoms with Gasteiger partial charge in [0.15, 0.2) is 0 Å². The number of amides is 1. The van der Waals surface area contributed by atoms with Crippen LogP contribution in [0, 0.1) is 0 Å². The fourth-order valence-corrected chi connectivity index (χ4v) is 1.19. The number of nitrogens with zero attached hydrogens (tertiary/aromatic N) is 3. The van der Waals surface area contributed by atoms with Crippen LogP contribution in [-0.2, 0) is 11.2 Å². The molecule has 0 fully saturated rings. The summed E-state index contributed by atoms with van der Waals surface area (Å²) in [7, 11) is 1.75. The van der Waals surface area contributed by atoms with E-state index < -0.39 is 0 Å². The van der Waals surface area contributed by atoms with Crippen molar-refractivity contribution in [2.75, 3.05) is 11.9 Å². The molecular formula is C7H7N3O. The lowest BCUT2D eigenvalue weighted by atomic mass is 10.2. The van der Waals surface area contributed by atoms with E-state index in [1.165, 1.54) is 0 Å².